The van der Waals surface area contributed by atoms with Crippen LogP contribution in [0.5, 0.6) is 0 Å². The fourth-order valence-corrected chi connectivity index (χ4v) is 2.44. The highest BCUT2D eigenvalue weighted by Crippen LogP contribution is 2.27. The van der Waals surface area contributed by atoms with Crippen molar-refractivity contribution < 1.29 is 17.9 Å². The Balaban J connectivity index is 1.65. The topological polar surface area (TPSA) is 77.8 Å². The van der Waals surface area contributed by atoms with E-state index in [-0.39, 0.29) is 6.04 Å². The van der Waals surface area contributed by atoms with Crippen molar-refractivity contribution in [3.8, 4) is 0 Å². The minimum Gasteiger partial charge on any atom is -0.377 e. The number of alkyl halides is 3. The molecule has 0 fully saturated rings. The maximum Gasteiger partial charge on any atom is 0.435 e. The third-order valence-corrected chi connectivity index (χ3v) is 3.48. The summed E-state index contributed by atoms with van der Waals surface area (Å²) < 4.78 is 44.2. The van der Waals surface area contributed by atoms with Gasteiger partial charge in [0, 0.05) is 19.6 Å². The van der Waals surface area contributed by atoms with Crippen LogP contribution in [0.15, 0.2) is 12.1 Å². The molecule has 23 heavy (non-hydrogen) atoms. The second kappa shape index (κ2) is 6.11. The maximum absolute atomic E-state index is 12.5. The van der Waals surface area contributed by atoms with Crippen LogP contribution in [0, 0.1) is 0 Å². The molecule has 1 atom stereocenters. The second-order valence-electron chi connectivity index (χ2n) is 5.24. The number of halogens is 3. The quantitative estimate of drug-likeness (QED) is 0.920. The number of aryl methyl sites for hydroxylation is 1. The fourth-order valence-electron chi connectivity index (χ4n) is 2.44. The normalized spacial score (nSPS) is 17.8. The van der Waals surface area contributed by atoms with E-state index in [1.807, 2.05) is 0 Å². The molecule has 7 nitrogen and oxygen atoms in total. The van der Waals surface area contributed by atoms with Crippen molar-refractivity contribution in [3.63, 3.8) is 0 Å². The summed E-state index contributed by atoms with van der Waals surface area (Å²) in [6, 6.07) is 2.20. The molecule has 3 rings (SSSR count). The number of nitrogens with zero attached hydrogens (tertiary/aromatic N) is 5. The maximum atomic E-state index is 12.5. The van der Waals surface area contributed by atoms with Gasteiger partial charge >= 0.3 is 6.18 Å². The molecule has 2 aromatic rings. The van der Waals surface area contributed by atoms with Crippen molar-refractivity contribution in [3.05, 3.63) is 29.5 Å². The number of hydrogen-bond donors (Lipinski definition) is 1. The van der Waals surface area contributed by atoms with Gasteiger partial charge in [-0.2, -0.15) is 18.3 Å². The van der Waals surface area contributed by atoms with E-state index in [1.54, 1.807) is 11.8 Å². The predicted octanol–water partition coefficient (Wildman–Crippen LogP) is 1.66. The van der Waals surface area contributed by atoms with Gasteiger partial charge in [-0.25, -0.2) is 9.67 Å². The van der Waals surface area contributed by atoms with Crippen LogP contribution in [-0.4, -0.2) is 38.1 Å². The molecule has 0 aliphatic carbocycles. The summed E-state index contributed by atoms with van der Waals surface area (Å²) in [5.74, 6) is 1.81. The van der Waals surface area contributed by atoms with Crippen molar-refractivity contribution in [2.75, 3.05) is 12.4 Å². The van der Waals surface area contributed by atoms with Gasteiger partial charge in [0.2, 0.25) is 0 Å². The molecule has 0 radical (unpaired) electrons. The van der Waals surface area contributed by atoms with Gasteiger partial charge in [0.25, 0.3) is 0 Å². The summed E-state index contributed by atoms with van der Waals surface area (Å²) in [6.45, 7) is 0.914. The standard InChI is InChI=1S/C13H15F3N6O/c1-23-7-11-18-12-5-2-8(6-22(12)21-11)17-10-4-3-9(19-20-10)13(14,15)16/h3-4,8H,2,5-7H2,1H3,(H,17,20). The summed E-state index contributed by atoms with van der Waals surface area (Å²) in [7, 11) is 1.58. The van der Waals surface area contributed by atoms with Gasteiger partial charge in [-0.15, -0.1) is 10.2 Å². The Labute approximate surface area is 129 Å². The number of nitrogens with one attached hydrogen (secondary N) is 1. The summed E-state index contributed by atoms with van der Waals surface area (Å²) in [4.78, 5) is 4.37. The second-order valence-corrected chi connectivity index (χ2v) is 5.24. The van der Waals surface area contributed by atoms with E-state index in [4.69, 9.17) is 4.74 Å². The highest BCUT2D eigenvalue weighted by molar-refractivity contribution is 5.34. The largest absolute Gasteiger partial charge is 0.435 e. The number of ether oxygens (including phenoxy) is 1. The molecule has 0 saturated heterocycles. The van der Waals surface area contributed by atoms with Gasteiger partial charge in [-0.3, -0.25) is 0 Å². The van der Waals surface area contributed by atoms with Gasteiger partial charge in [0.15, 0.2) is 11.5 Å². The molecule has 0 bridgehead atoms. The van der Waals surface area contributed by atoms with E-state index in [9.17, 15) is 13.2 Å². The van der Waals surface area contributed by atoms with Crippen molar-refractivity contribution in [1.82, 2.24) is 25.0 Å². The lowest BCUT2D eigenvalue weighted by Crippen LogP contribution is -2.32. The first-order valence-corrected chi connectivity index (χ1v) is 7.04. The molecule has 0 saturated carbocycles. The molecule has 0 aromatic carbocycles. The van der Waals surface area contributed by atoms with E-state index in [0.29, 0.717) is 24.8 Å². The van der Waals surface area contributed by atoms with Crippen LogP contribution in [0.4, 0.5) is 19.0 Å². The number of anilines is 1. The van der Waals surface area contributed by atoms with E-state index in [1.165, 1.54) is 6.07 Å². The Morgan fingerprint density at radius 1 is 1.35 bits per heavy atom. The van der Waals surface area contributed by atoms with Crippen molar-refractivity contribution >= 4 is 5.82 Å². The number of methoxy groups -OCH3 is 1. The average Bonchev–Trinajstić information content (AvgIpc) is 2.89. The van der Waals surface area contributed by atoms with E-state index in [2.05, 4.69) is 25.6 Å². The number of hydrogen-bond acceptors (Lipinski definition) is 6. The number of fused-ring (bicyclic) bond motifs is 1. The van der Waals surface area contributed by atoms with Crippen LogP contribution in [0.2, 0.25) is 0 Å². The lowest BCUT2D eigenvalue weighted by atomic mass is 10.1. The molecule has 1 aliphatic heterocycles. The summed E-state index contributed by atoms with van der Waals surface area (Å²) in [6.07, 6.45) is -2.97. The summed E-state index contributed by atoms with van der Waals surface area (Å²) >= 11 is 0. The molecule has 1 aliphatic rings. The molecule has 10 heteroatoms. The Kier molecular flexibility index (Phi) is 4.16. The van der Waals surface area contributed by atoms with E-state index in [0.717, 1.165) is 24.7 Å². The molecule has 124 valence electrons. The molecular weight excluding hydrogens is 313 g/mol. The molecule has 0 spiro atoms. The fraction of sp³-hybridized carbons (Fsp3) is 0.538. The van der Waals surface area contributed by atoms with E-state index >= 15 is 0 Å². The Morgan fingerprint density at radius 3 is 2.83 bits per heavy atom. The zero-order chi connectivity index (χ0) is 16.4. The minimum atomic E-state index is -4.48. The van der Waals surface area contributed by atoms with E-state index < -0.39 is 11.9 Å². The van der Waals surface area contributed by atoms with Gasteiger partial charge in [-0.05, 0) is 18.6 Å². The lowest BCUT2D eigenvalue weighted by Gasteiger charge is -2.23. The number of aromatic nitrogens is 5. The molecule has 0 amide bonds. The van der Waals surface area contributed by atoms with Crippen LogP contribution in [0.3, 0.4) is 0 Å². The minimum absolute atomic E-state index is 0.00521. The first-order valence-electron chi connectivity index (χ1n) is 7.04. The Morgan fingerprint density at radius 2 is 2.17 bits per heavy atom. The third-order valence-electron chi connectivity index (χ3n) is 3.48. The Hall–Kier alpha value is -2.23. The number of rotatable bonds is 4. The van der Waals surface area contributed by atoms with Crippen LogP contribution in [-0.2, 0) is 30.5 Å². The lowest BCUT2D eigenvalue weighted by molar-refractivity contribution is -0.141. The van der Waals surface area contributed by atoms with Gasteiger partial charge in [0.1, 0.15) is 18.2 Å². The van der Waals surface area contributed by atoms with Gasteiger partial charge < -0.3 is 10.1 Å². The molecular formula is C13H15F3N6O. The van der Waals surface area contributed by atoms with Gasteiger partial charge in [-0.1, -0.05) is 0 Å². The average molecular weight is 328 g/mol. The van der Waals surface area contributed by atoms with Crippen molar-refractivity contribution in [1.29, 1.82) is 0 Å². The third kappa shape index (κ3) is 3.58. The highest BCUT2D eigenvalue weighted by atomic mass is 19.4. The predicted molar refractivity (Wildman–Crippen MR) is 73.5 cm³/mol. The molecule has 1 unspecified atom stereocenters. The zero-order valence-corrected chi connectivity index (χ0v) is 12.3. The summed E-state index contributed by atoms with van der Waals surface area (Å²) in [5.41, 5.74) is -1.01. The zero-order valence-electron chi connectivity index (χ0n) is 12.3. The molecule has 1 N–H and O–H groups in total. The molecule has 3 heterocycles. The SMILES string of the molecule is COCc1nc2n(n1)CC(Nc1ccc(C(F)(F)F)nn1)CC2. The smallest absolute Gasteiger partial charge is 0.377 e. The van der Waals surface area contributed by atoms with Crippen LogP contribution in [0.1, 0.15) is 23.8 Å². The molecule has 2 aromatic heterocycles. The first kappa shape index (κ1) is 15.7. The van der Waals surface area contributed by atoms with Crippen LogP contribution < -0.4 is 5.32 Å². The van der Waals surface area contributed by atoms with Crippen LogP contribution in [0.25, 0.3) is 0 Å². The summed E-state index contributed by atoms with van der Waals surface area (Å²) in [5, 5.41) is 14.2. The monoisotopic (exact) mass is 328 g/mol. The first-order chi connectivity index (χ1) is 11.0. The van der Waals surface area contributed by atoms with Crippen LogP contribution >= 0.6 is 0 Å². The van der Waals surface area contributed by atoms with Crippen molar-refractivity contribution in [2.45, 2.75) is 38.2 Å². The van der Waals surface area contributed by atoms with Crippen molar-refractivity contribution in [2.24, 2.45) is 0 Å². The Bertz CT molecular complexity index is 669. The highest BCUT2D eigenvalue weighted by Gasteiger charge is 2.33. The van der Waals surface area contributed by atoms with Gasteiger partial charge in [0.05, 0.1) is 6.54 Å².